The van der Waals surface area contributed by atoms with Crippen molar-refractivity contribution in [2.24, 2.45) is 7.05 Å². The van der Waals surface area contributed by atoms with Gasteiger partial charge in [0.1, 0.15) is 17.8 Å². The maximum atomic E-state index is 9.25. The van der Waals surface area contributed by atoms with Crippen molar-refractivity contribution in [2.45, 2.75) is 13.0 Å². The van der Waals surface area contributed by atoms with Crippen molar-refractivity contribution in [3.05, 3.63) is 16.1 Å². The number of hydrogen-bond acceptors (Lipinski definition) is 4. The van der Waals surface area contributed by atoms with Crippen molar-refractivity contribution in [2.75, 3.05) is 11.9 Å². The van der Waals surface area contributed by atoms with Crippen LogP contribution in [-0.2, 0) is 7.05 Å². The van der Waals surface area contributed by atoms with Crippen LogP contribution >= 0.6 is 22.6 Å². The highest BCUT2D eigenvalue weighted by atomic mass is 127. The fourth-order valence-corrected chi connectivity index (χ4v) is 2.45. The van der Waals surface area contributed by atoms with Crippen LogP contribution < -0.4 is 5.32 Å². The van der Waals surface area contributed by atoms with Gasteiger partial charge >= 0.3 is 0 Å². The predicted molar refractivity (Wildman–Crippen MR) is 71.4 cm³/mol. The Morgan fingerprint density at radius 2 is 2.31 bits per heavy atom. The highest BCUT2D eigenvalue weighted by Crippen LogP contribution is 2.25. The molecule has 2 heterocycles. The van der Waals surface area contributed by atoms with Crippen LogP contribution in [0, 0.1) is 3.57 Å². The average molecular weight is 332 g/mol. The molecule has 1 atom stereocenters. The number of fused-ring (bicyclic) bond motifs is 1. The fourth-order valence-electron chi connectivity index (χ4n) is 1.54. The van der Waals surface area contributed by atoms with E-state index in [2.05, 4.69) is 37.9 Å². The van der Waals surface area contributed by atoms with Gasteiger partial charge in [-0.1, -0.05) is 0 Å². The van der Waals surface area contributed by atoms with Gasteiger partial charge in [-0.25, -0.2) is 9.97 Å². The molecule has 0 radical (unpaired) electrons. The van der Waals surface area contributed by atoms with Gasteiger partial charge in [-0.15, -0.1) is 0 Å². The number of nitrogens with one attached hydrogen (secondary N) is 1. The van der Waals surface area contributed by atoms with Crippen molar-refractivity contribution in [1.29, 1.82) is 0 Å². The monoisotopic (exact) mass is 332 g/mol. The Labute approximate surface area is 107 Å². The number of aliphatic hydroxyl groups is 1. The molecule has 0 aliphatic carbocycles. The Balaban J connectivity index is 2.45. The summed E-state index contributed by atoms with van der Waals surface area (Å²) in [6, 6.07) is 0. The minimum atomic E-state index is -0.397. The zero-order valence-corrected chi connectivity index (χ0v) is 11.3. The van der Waals surface area contributed by atoms with E-state index < -0.39 is 6.10 Å². The molecule has 0 aromatic carbocycles. The summed E-state index contributed by atoms with van der Waals surface area (Å²) >= 11 is 2.26. The molecule has 2 rings (SSSR count). The minimum Gasteiger partial charge on any atom is -0.392 e. The number of aromatic nitrogens is 3. The Morgan fingerprint density at radius 3 is 3.00 bits per heavy atom. The number of aryl methyl sites for hydroxylation is 1. The lowest BCUT2D eigenvalue weighted by Gasteiger charge is -2.08. The zero-order valence-electron chi connectivity index (χ0n) is 9.11. The number of rotatable bonds is 3. The molecule has 6 heteroatoms. The number of anilines is 1. The summed E-state index contributed by atoms with van der Waals surface area (Å²) in [4.78, 5) is 8.44. The molecule has 86 valence electrons. The van der Waals surface area contributed by atoms with Crippen molar-refractivity contribution < 1.29 is 5.11 Å². The molecule has 0 aliphatic rings. The summed E-state index contributed by atoms with van der Waals surface area (Å²) in [5.74, 6) is 0.774. The quantitative estimate of drug-likeness (QED) is 0.834. The van der Waals surface area contributed by atoms with Crippen LogP contribution in [0.25, 0.3) is 11.0 Å². The summed E-state index contributed by atoms with van der Waals surface area (Å²) < 4.78 is 3.07. The first-order valence-electron chi connectivity index (χ1n) is 4.97. The van der Waals surface area contributed by atoms with Crippen molar-refractivity contribution in [3.63, 3.8) is 0 Å². The summed E-state index contributed by atoms with van der Waals surface area (Å²) in [5, 5.41) is 13.4. The Hall–Kier alpha value is -0.890. The highest BCUT2D eigenvalue weighted by molar-refractivity contribution is 14.1. The van der Waals surface area contributed by atoms with Crippen LogP contribution in [0.3, 0.4) is 0 Å². The van der Waals surface area contributed by atoms with E-state index in [1.54, 1.807) is 6.92 Å². The number of hydrogen-bond donors (Lipinski definition) is 2. The Kier molecular flexibility index (Phi) is 3.29. The molecule has 0 fully saturated rings. The molecule has 0 aliphatic heterocycles. The maximum absolute atomic E-state index is 9.25. The van der Waals surface area contributed by atoms with Gasteiger partial charge in [0.05, 0.1) is 11.5 Å². The van der Waals surface area contributed by atoms with Crippen molar-refractivity contribution in [1.82, 2.24) is 14.5 Å². The van der Waals surface area contributed by atoms with Crippen molar-refractivity contribution >= 4 is 39.4 Å². The molecular formula is C10H13IN4O. The van der Waals surface area contributed by atoms with E-state index in [-0.39, 0.29) is 0 Å². The summed E-state index contributed by atoms with van der Waals surface area (Å²) in [6.07, 6.45) is 3.14. The van der Waals surface area contributed by atoms with Crippen LogP contribution in [0.5, 0.6) is 0 Å². The maximum Gasteiger partial charge on any atom is 0.146 e. The summed E-state index contributed by atoms with van der Waals surface area (Å²) in [7, 11) is 1.95. The lowest BCUT2D eigenvalue weighted by Crippen LogP contribution is -2.16. The first kappa shape index (κ1) is 11.6. The Bertz CT molecular complexity index is 509. The molecule has 0 unspecified atom stereocenters. The molecule has 2 aromatic rings. The van der Waals surface area contributed by atoms with E-state index in [1.165, 1.54) is 6.33 Å². The van der Waals surface area contributed by atoms with Gasteiger partial charge in [0.25, 0.3) is 0 Å². The van der Waals surface area contributed by atoms with Gasteiger partial charge < -0.3 is 15.0 Å². The average Bonchev–Trinajstić information content (AvgIpc) is 2.52. The van der Waals surface area contributed by atoms with E-state index in [9.17, 15) is 5.11 Å². The third-order valence-electron chi connectivity index (χ3n) is 2.27. The van der Waals surface area contributed by atoms with Gasteiger partial charge in [-0.3, -0.25) is 0 Å². The standard InChI is InChI=1S/C10H13IN4O/c1-6(16)3-12-9-8-7(11)4-15(2)10(8)14-5-13-9/h4-6,16H,3H2,1-2H3,(H,12,13,14)/t6-/m0/s1. The summed E-state index contributed by atoms with van der Waals surface area (Å²) in [6.45, 7) is 2.22. The van der Waals surface area contributed by atoms with Crippen LogP contribution in [0.1, 0.15) is 6.92 Å². The van der Waals surface area contributed by atoms with Gasteiger partial charge in [0, 0.05) is 23.4 Å². The SMILES string of the molecule is C[C@H](O)CNc1ncnc2c1c(I)cn2C. The molecule has 5 nitrogen and oxygen atoms in total. The molecule has 0 bridgehead atoms. The topological polar surface area (TPSA) is 63.0 Å². The Morgan fingerprint density at radius 1 is 1.56 bits per heavy atom. The second-order valence-corrected chi connectivity index (χ2v) is 4.90. The van der Waals surface area contributed by atoms with E-state index in [1.807, 2.05) is 17.8 Å². The smallest absolute Gasteiger partial charge is 0.146 e. The second-order valence-electron chi connectivity index (χ2n) is 3.74. The number of nitrogens with zero attached hydrogens (tertiary/aromatic N) is 3. The second kappa shape index (κ2) is 4.54. The van der Waals surface area contributed by atoms with Gasteiger partial charge in [0.15, 0.2) is 0 Å². The zero-order chi connectivity index (χ0) is 11.7. The fraction of sp³-hybridized carbons (Fsp3) is 0.400. The molecular weight excluding hydrogens is 319 g/mol. The lowest BCUT2D eigenvalue weighted by atomic mass is 10.3. The van der Waals surface area contributed by atoms with Crippen LogP contribution in [0.2, 0.25) is 0 Å². The van der Waals surface area contributed by atoms with Gasteiger partial charge in [-0.05, 0) is 29.5 Å². The molecule has 16 heavy (non-hydrogen) atoms. The first-order chi connectivity index (χ1) is 7.59. The molecule has 0 amide bonds. The summed E-state index contributed by atoms with van der Waals surface area (Å²) in [5.41, 5.74) is 0.896. The largest absolute Gasteiger partial charge is 0.392 e. The molecule has 0 saturated heterocycles. The van der Waals surface area contributed by atoms with Crippen molar-refractivity contribution in [3.8, 4) is 0 Å². The van der Waals surface area contributed by atoms with Crippen LogP contribution in [0.4, 0.5) is 5.82 Å². The molecule has 0 spiro atoms. The predicted octanol–water partition coefficient (Wildman–Crippen LogP) is 1.37. The third-order valence-corrected chi connectivity index (χ3v) is 3.09. The van der Waals surface area contributed by atoms with Crippen LogP contribution in [0.15, 0.2) is 12.5 Å². The lowest BCUT2D eigenvalue weighted by molar-refractivity contribution is 0.208. The van der Waals surface area contributed by atoms with E-state index >= 15 is 0 Å². The minimum absolute atomic E-state index is 0.397. The third kappa shape index (κ3) is 2.12. The molecule has 2 aromatic heterocycles. The van der Waals surface area contributed by atoms with E-state index in [4.69, 9.17) is 0 Å². The van der Waals surface area contributed by atoms with Gasteiger partial charge in [-0.2, -0.15) is 0 Å². The van der Waals surface area contributed by atoms with E-state index in [0.29, 0.717) is 6.54 Å². The van der Waals surface area contributed by atoms with Gasteiger partial charge in [0.2, 0.25) is 0 Å². The van der Waals surface area contributed by atoms with Crippen LogP contribution in [-0.4, -0.2) is 32.3 Å². The van der Waals surface area contributed by atoms with E-state index in [0.717, 1.165) is 20.4 Å². The molecule has 2 N–H and O–H groups in total. The number of aliphatic hydroxyl groups excluding tert-OH is 1. The normalized spacial score (nSPS) is 13.0. The number of halogens is 1. The highest BCUT2D eigenvalue weighted by Gasteiger charge is 2.11. The molecule has 0 saturated carbocycles. The first-order valence-corrected chi connectivity index (χ1v) is 6.05.